The molecule has 128 valence electrons. The van der Waals surface area contributed by atoms with Crippen LogP contribution < -0.4 is 5.32 Å². The molecule has 0 amide bonds. The molecule has 1 aliphatic heterocycles. The Hall–Kier alpha value is -1.20. The Balaban J connectivity index is 1.79. The largest absolute Gasteiger partial charge is 0.385 e. The number of ether oxygens (including phenoxy) is 1. The van der Waals surface area contributed by atoms with E-state index in [0.29, 0.717) is 0 Å². The van der Waals surface area contributed by atoms with E-state index < -0.39 is 0 Å². The number of benzene rings is 1. The monoisotopic (exact) mass is 335 g/mol. The van der Waals surface area contributed by atoms with Crippen LogP contribution in [-0.2, 0) is 4.74 Å². The van der Waals surface area contributed by atoms with Gasteiger partial charge in [0.2, 0.25) is 0 Å². The normalized spacial score (nSPS) is 18.4. The fourth-order valence-corrected chi connectivity index (χ4v) is 3.76. The van der Waals surface area contributed by atoms with Crippen molar-refractivity contribution in [2.45, 2.75) is 24.7 Å². The minimum absolute atomic E-state index is 0.739. The SMILES string of the molecule is CCNC(=NCCCOC)N1CCC(CSc2ccccc2)C1. The maximum atomic E-state index is 5.09. The van der Waals surface area contributed by atoms with Gasteiger partial charge >= 0.3 is 0 Å². The van der Waals surface area contributed by atoms with E-state index in [2.05, 4.69) is 47.5 Å². The molecule has 1 unspecified atom stereocenters. The average Bonchev–Trinajstić information content (AvgIpc) is 3.06. The highest BCUT2D eigenvalue weighted by Gasteiger charge is 2.24. The Kier molecular flexibility index (Phi) is 8.32. The van der Waals surface area contributed by atoms with E-state index in [1.165, 1.54) is 17.1 Å². The topological polar surface area (TPSA) is 36.9 Å². The second-order valence-corrected chi connectivity index (χ2v) is 6.90. The van der Waals surface area contributed by atoms with Crippen molar-refractivity contribution in [3.05, 3.63) is 30.3 Å². The maximum absolute atomic E-state index is 5.09. The summed E-state index contributed by atoms with van der Waals surface area (Å²) in [6.45, 7) is 6.87. The molecule has 0 saturated carbocycles. The number of thioether (sulfide) groups is 1. The highest BCUT2D eigenvalue weighted by Crippen LogP contribution is 2.25. The molecule has 1 aliphatic rings. The molecule has 1 aromatic carbocycles. The van der Waals surface area contributed by atoms with E-state index >= 15 is 0 Å². The number of aliphatic imine (C=N–C) groups is 1. The maximum Gasteiger partial charge on any atom is 0.193 e. The average molecular weight is 336 g/mol. The van der Waals surface area contributed by atoms with Gasteiger partial charge in [0.25, 0.3) is 0 Å². The van der Waals surface area contributed by atoms with Gasteiger partial charge in [0.1, 0.15) is 0 Å². The first-order valence-corrected chi connectivity index (χ1v) is 9.52. The number of rotatable bonds is 8. The summed E-state index contributed by atoms with van der Waals surface area (Å²) in [6.07, 6.45) is 2.23. The van der Waals surface area contributed by atoms with Crippen LogP contribution >= 0.6 is 11.8 Å². The van der Waals surface area contributed by atoms with Crippen molar-refractivity contribution in [3.63, 3.8) is 0 Å². The van der Waals surface area contributed by atoms with Crippen LogP contribution in [0.4, 0.5) is 0 Å². The molecule has 0 radical (unpaired) electrons. The molecule has 1 heterocycles. The van der Waals surface area contributed by atoms with Crippen LogP contribution in [0, 0.1) is 5.92 Å². The van der Waals surface area contributed by atoms with Gasteiger partial charge in [-0.15, -0.1) is 11.8 Å². The Morgan fingerprint density at radius 2 is 2.22 bits per heavy atom. The Morgan fingerprint density at radius 1 is 1.39 bits per heavy atom. The molecule has 1 atom stereocenters. The molecule has 0 aromatic heterocycles. The van der Waals surface area contributed by atoms with Crippen molar-refractivity contribution in [1.82, 2.24) is 10.2 Å². The third-order valence-electron chi connectivity index (χ3n) is 3.92. The predicted molar refractivity (Wildman–Crippen MR) is 99.3 cm³/mol. The molecule has 0 spiro atoms. The molecule has 0 bridgehead atoms. The van der Waals surface area contributed by atoms with Gasteiger partial charge in [0.05, 0.1) is 0 Å². The second kappa shape index (κ2) is 10.6. The molecule has 1 N–H and O–H groups in total. The van der Waals surface area contributed by atoms with Crippen LogP contribution in [0.2, 0.25) is 0 Å². The first-order chi connectivity index (χ1) is 11.3. The van der Waals surface area contributed by atoms with Crippen molar-refractivity contribution in [3.8, 4) is 0 Å². The molecule has 5 heteroatoms. The minimum atomic E-state index is 0.739. The number of hydrogen-bond donors (Lipinski definition) is 1. The van der Waals surface area contributed by atoms with Crippen LogP contribution in [0.3, 0.4) is 0 Å². The Bertz CT molecular complexity index is 467. The molecular weight excluding hydrogens is 306 g/mol. The highest BCUT2D eigenvalue weighted by molar-refractivity contribution is 7.99. The third kappa shape index (κ3) is 6.43. The summed E-state index contributed by atoms with van der Waals surface area (Å²) in [5.41, 5.74) is 0. The zero-order valence-electron chi connectivity index (χ0n) is 14.3. The predicted octanol–water partition coefficient (Wildman–Crippen LogP) is 3.10. The lowest BCUT2D eigenvalue weighted by atomic mass is 10.2. The summed E-state index contributed by atoms with van der Waals surface area (Å²) in [5, 5.41) is 3.42. The summed E-state index contributed by atoms with van der Waals surface area (Å²) in [6, 6.07) is 10.7. The number of nitrogens with one attached hydrogen (secondary N) is 1. The summed E-state index contributed by atoms with van der Waals surface area (Å²) in [5.74, 6) is 2.99. The number of hydrogen-bond acceptors (Lipinski definition) is 3. The summed E-state index contributed by atoms with van der Waals surface area (Å²) < 4.78 is 5.09. The quantitative estimate of drug-likeness (QED) is 0.343. The zero-order valence-corrected chi connectivity index (χ0v) is 15.1. The lowest BCUT2D eigenvalue weighted by molar-refractivity contribution is 0.197. The van der Waals surface area contributed by atoms with Crippen molar-refractivity contribution in [2.24, 2.45) is 10.9 Å². The Labute approximate surface area is 144 Å². The van der Waals surface area contributed by atoms with Gasteiger partial charge in [-0.2, -0.15) is 0 Å². The fraction of sp³-hybridized carbons (Fsp3) is 0.611. The number of guanidine groups is 1. The van der Waals surface area contributed by atoms with E-state index in [4.69, 9.17) is 9.73 Å². The molecule has 1 aromatic rings. The van der Waals surface area contributed by atoms with Crippen molar-refractivity contribution < 1.29 is 4.74 Å². The first kappa shape index (κ1) is 18.1. The van der Waals surface area contributed by atoms with Gasteiger partial charge in [-0.3, -0.25) is 4.99 Å². The zero-order chi connectivity index (χ0) is 16.3. The van der Waals surface area contributed by atoms with Gasteiger partial charge in [-0.05, 0) is 37.8 Å². The lowest BCUT2D eigenvalue weighted by Crippen LogP contribution is -2.40. The molecule has 23 heavy (non-hydrogen) atoms. The molecule has 1 fully saturated rings. The van der Waals surface area contributed by atoms with E-state index in [9.17, 15) is 0 Å². The van der Waals surface area contributed by atoms with Gasteiger partial charge < -0.3 is 15.0 Å². The molecule has 2 rings (SSSR count). The van der Waals surface area contributed by atoms with Crippen molar-refractivity contribution >= 4 is 17.7 Å². The van der Waals surface area contributed by atoms with Gasteiger partial charge in [0.15, 0.2) is 5.96 Å². The third-order valence-corrected chi connectivity index (χ3v) is 5.16. The smallest absolute Gasteiger partial charge is 0.193 e. The standard InChI is InChI=1S/C18H29N3OS/c1-3-19-18(20-11-7-13-22-2)21-12-10-16(14-21)15-23-17-8-5-4-6-9-17/h4-6,8-9,16H,3,7,10-15H2,1-2H3,(H,19,20). The number of likely N-dealkylation sites (tertiary alicyclic amines) is 1. The van der Waals surface area contributed by atoms with E-state index in [0.717, 1.165) is 51.1 Å². The van der Waals surface area contributed by atoms with Gasteiger partial charge in [-0.1, -0.05) is 18.2 Å². The molecule has 0 aliphatic carbocycles. The summed E-state index contributed by atoms with van der Waals surface area (Å²) in [7, 11) is 1.74. The number of nitrogens with zero attached hydrogens (tertiary/aromatic N) is 2. The summed E-state index contributed by atoms with van der Waals surface area (Å²) >= 11 is 1.97. The van der Waals surface area contributed by atoms with Gasteiger partial charge in [-0.25, -0.2) is 0 Å². The van der Waals surface area contributed by atoms with E-state index in [1.807, 2.05) is 11.8 Å². The molecular formula is C18H29N3OS. The van der Waals surface area contributed by atoms with Crippen LogP contribution in [0.1, 0.15) is 19.8 Å². The Morgan fingerprint density at radius 3 is 2.96 bits per heavy atom. The van der Waals surface area contributed by atoms with Gasteiger partial charge in [0, 0.05) is 50.5 Å². The fourth-order valence-electron chi connectivity index (χ4n) is 2.71. The highest BCUT2D eigenvalue weighted by atomic mass is 32.2. The number of methoxy groups -OCH3 is 1. The lowest BCUT2D eigenvalue weighted by Gasteiger charge is -2.21. The molecule has 4 nitrogen and oxygen atoms in total. The van der Waals surface area contributed by atoms with Crippen LogP contribution in [-0.4, -0.2) is 56.5 Å². The summed E-state index contributed by atoms with van der Waals surface area (Å²) in [4.78, 5) is 8.51. The van der Waals surface area contributed by atoms with Crippen molar-refractivity contribution in [2.75, 3.05) is 45.6 Å². The van der Waals surface area contributed by atoms with Crippen LogP contribution in [0.25, 0.3) is 0 Å². The first-order valence-electron chi connectivity index (χ1n) is 8.53. The minimum Gasteiger partial charge on any atom is -0.385 e. The molecule has 1 saturated heterocycles. The van der Waals surface area contributed by atoms with Crippen molar-refractivity contribution in [1.29, 1.82) is 0 Å². The second-order valence-electron chi connectivity index (χ2n) is 5.81. The van der Waals surface area contributed by atoms with Crippen LogP contribution in [0.15, 0.2) is 40.2 Å². The van der Waals surface area contributed by atoms with E-state index in [1.54, 1.807) is 7.11 Å². The van der Waals surface area contributed by atoms with Crippen LogP contribution in [0.5, 0.6) is 0 Å². The van der Waals surface area contributed by atoms with E-state index in [-0.39, 0.29) is 0 Å².